The summed E-state index contributed by atoms with van der Waals surface area (Å²) in [7, 11) is 1.75. The van der Waals surface area contributed by atoms with Crippen LogP contribution in [-0.2, 0) is 16.6 Å². The van der Waals surface area contributed by atoms with Crippen molar-refractivity contribution in [2.75, 3.05) is 6.54 Å². The van der Waals surface area contributed by atoms with Crippen LogP contribution in [0.2, 0.25) is 0 Å². The molecule has 0 spiro atoms. The van der Waals surface area contributed by atoms with E-state index in [1.165, 1.54) is 11.0 Å². The third-order valence-electron chi connectivity index (χ3n) is 2.83. The van der Waals surface area contributed by atoms with Crippen molar-refractivity contribution < 1.29 is 9.59 Å². The van der Waals surface area contributed by atoms with E-state index in [0.29, 0.717) is 5.69 Å². The van der Waals surface area contributed by atoms with E-state index in [9.17, 15) is 9.59 Å². The molecule has 1 aromatic heterocycles. The molecular weight excluding hydrogens is 276 g/mol. The number of aromatic nitrogens is 2. The fraction of sp³-hybridized carbons (Fsp3) is 0.231. The van der Waals surface area contributed by atoms with Crippen LogP contribution < -0.4 is 5.32 Å². The molecular formula is C13H14N4O2S. The Morgan fingerprint density at radius 3 is 2.75 bits per heavy atom. The van der Waals surface area contributed by atoms with Crippen molar-refractivity contribution in [2.45, 2.75) is 6.92 Å². The molecule has 2 amide bonds. The van der Waals surface area contributed by atoms with Crippen LogP contribution in [0.1, 0.15) is 11.4 Å². The van der Waals surface area contributed by atoms with Crippen LogP contribution in [0.3, 0.4) is 0 Å². The molecule has 1 saturated heterocycles. The number of rotatable bonds is 3. The van der Waals surface area contributed by atoms with Gasteiger partial charge in [0.25, 0.3) is 11.8 Å². The summed E-state index contributed by atoms with van der Waals surface area (Å²) in [6, 6.07) is 1.79. The standard InChI is InChI=1S/C13H14N4O2S/c1-4-5-17-12(19)10(11(18)14-13(17)20)7-9-6-8(2)15-16(9)3/h4,6-7H,1,5H2,2-3H3,(H,14,18,20). The topological polar surface area (TPSA) is 67.2 Å². The molecule has 1 aliphatic heterocycles. The first kappa shape index (κ1) is 14.1. The largest absolute Gasteiger partial charge is 0.298 e. The Kier molecular flexibility index (Phi) is 3.80. The van der Waals surface area contributed by atoms with E-state index in [4.69, 9.17) is 12.2 Å². The first-order valence-electron chi connectivity index (χ1n) is 5.94. The normalized spacial score (nSPS) is 17.6. The number of nitrogens with one attached hydrogen (secondary N) is 1. The lowest BCUT2D eigenvalue weighted by Crippen LogP contribution is -2.53. The molecule has 0 saturated carbocycles. The van der Waals surface area contributed by atoms with Gasteiger partial charge in [-0.3, -0.25) is 24.5 Å². The van der Waals surface area contributed by atoms with Crippen molar-refractivity contribution in [3.63, 3.8) is 0 Å². The first-order chi connectivity index (χ1) is 9.43. The number of carbonyl (C=O) groups excluding carboxylic acids is 2. The van der Waals surface area contributed by atoms with Gasteiger partial charge in [-0.1, -0.05) is 6.08 Å². The highest BCUT2D eigenvalue weighted by Gasteiger charge is 2.32. The number of hydrogen-bond donors (Lipinski definition) is 1. The molecule has 0 aromatic carbocycles. The summed E-state index contributed by atoms with van der Waals surface area (Å²) in [5.41, 5.74) is 1.51. The summed E-state index contributed by atoms with van der Waals surface area (Å²) in [6.45, 7) is 5.66. The van der Waals surface area contributed by atoms with E-state index >= 15 is 0 Å². The molecule has 0 aliphatic carbocycles. The van der Waals surface area contributed by atoms with Gasteiger partial charge in [-0.05, 0) is 31.3 Å². The third kappa shape index (κ3) is 2.53. The Labute approximate surface area is 121 Å². The summed E-state index contributed by atoms with van der Waals surface area (Å²) < 4.78 is 1.60. The van der Waals surface area contributed by atoms with Crippen LogP contribution in [0.4, 0.5) is 0 Å². The van der Waals surface area contributed by atoms with Crippen molar-refractivity contribution in [3.05, 3.63) is 35.7 Å². The molecule has 0 atom stereocenters. The van der Waals surface area contributed by atoms with Crippen molar-refractivity contribution in [2.24, 2.45) is 7.05 Å². The van der Waals surface area contributed by atoms with Gasteiger partial charge >= 0.3 is 0 Å². The minimum atomic E-state index is -0.501. The highest BCUT2D eigenvalue weighted by Crippen LogP contribution is 2.14. The minimum absolute atomic E-state index is 0.0310. The van der Waals surface area contributed by atoms with E-state index in [0.717, 1.165) is 5.69 Å². The minimum Gasteiger partial charge on any atom is -0.298 e. The van der Waals surface area contributed by atoms with Crippen LogP contribution in [0, 0.1) is 6.92 Å². The van der Waals surface area contributed by atoms with Gasteiger partial charge in [0.2, 0.25) is 0 Å². The predicted molar refractivity (Wildman–Crippen MR) is 78.6 cm³/mol. The summed E-state index contributed by atoms with van der Waals surface area (Å²) >= 11 is 4.97. The molecule has 0 bridgehead atoms. The molecule has 0 unspecified atom stereocenters. The number of amides is 2. The maximum Gasteiger partial charge on any atom is 0.266 e. The second kappa shape index (κ2) is 5.38. The Bertz CT molecular complexity index is 645. The lowest BCUT2D eigenvalue weighted by Gasteiger charge is -2.27. The zero-order chi connectivity index (χ0) is 14.9. The van der Waals surface area contributed by atoms with Crippen LogP contribution in [0.25, 0.3) is 6.08 Å². The SMILES string of the molecule is C=CCN1C(=O)C(=Cc2cc(C)nn2C)C(=O)NC1=S. The molecule has 20 heavy (non-hydrogen) atoms. The lowest BCUT2D eigenvalue weighted by atomic mass is 10.1. The monoisotopic (exact) mass is 290 g/mol. The Hall–Kier alpha value is -2.28. The molecule has 1 fully saturated rings. The van der Waals surface area contributed by atoms with Crippen LogP contribution in [0.5, 0.6) is 0 Å². The fourth-order valence-electron chi connectivity index (χ4n) is 1.90. The van der Waals surface area contributed by atoms with Crippen molar-refractivity contribution >= 4 is 35.2 Å². The second-order valence-corrected chi connectivity index (χ2v) is 4.74. The molecule has 1 aliphatic rings. The van der Waals surface area contributed by atoms with Gasteiger partial charge < -0.3 is 0 Å². The molecule has 2 rings (SSSR count). The summed E-state index contributed by atoms with van der Waals surface area (Å²) in [5, 5.41) is 6.76. The Morgan fingerprint density at radius 2 is 2.20 bits per heavy atom. The van der Waals surface area contributed by atoms with Gasteiger partial charge in [-0.15, -0.1) is 6.58 Å². The average Bonchev–Trinajstić information content (AvgIpc) is 2.68. The number of nitrogens with zero attached hydrogens (tertiary/aromatic N) is 3. The maximum absolute atomic E-state index is 12.3. The molecule has 1 N–H and O–H groups in total. The summed E-state index contributed by atoms with van der Waals surface area (Å²) in [4.78, 5) is 25.5. The average molecular weight is 290 g/mol. The van der Waals surface area contributed by atoms with E-state index in [2.05, 4.69) is 17.0 Å². The van der Waals surface area contributed by atoms with Crippen LogP contribution in [-0.4, -0.2) is 38.2 Å². The van der Waals surface area contributed by atoms with Gasteiger partial charge in [0.15, 0.2) is 5.11 Å². The van der Waals surface area contributed by atoms with E-state index < -0.39 is 11.8 Å². The predicted octanol–water partition coefficient (Wildman–Crippen LogP) is 0.541. The van der Waals surface area contributed by atoms with Gasteiger partial charge in [0.05, 0.1) is 11.4 Å². The molecule has 1 aromatic rings. The van der Waals surface area contributed by atoms with E-state index in [-0.39, 0.29) is 17.2 Å². The zero-order valence-corrected chi connectivity index (χ0v) is 12.0. The highest BCUT2D eigenvalue weighted by atomic mass is 32.1. The molecule has 6 nitrogen and oxygen atoms in total. The number of carbonyl (C=O) groups is 2. The van der Waals surface area contributed by atoms with Crippen molar-refractivity contribution in [1.29, 1.82) is 0 Å². The third-order valence-corrected chi connectivity index (χ3v) is 3.15. The molecule has 104 valence electrons. The summed E-state index contributed by atoms with van der Waals surface area (Å²) in [6.07, 6.45) is 3.06. The van der Waals surface area contributed by atoms with Crippen molar-refractivity contribution in [1.82, 2.24) is 20.0 Å². The van der Waals surface area contributed by atoms with Crippen molar-refractivity contribution in [3.8, 4) is 0 Å². The Balaban J connectivity index is 2.41. The van der Waals surface area contributed by atoms with Crippen LogP contribution in [0.15, 0.2) is 24.3 Å². The van der Waals surface area contributed by atoms with Gasteiger partial charge in [0, 0.05) is 13.6 Å². The molecule has 7 heteroatoms. The molecule has 0 radical (unpaired) electrons. The van der Waals surface area contributed by atoms with Crippen LogP contribution >= 0.6 is 12.2 Å². The Morgan fingerprint density at radius 1 is 1.50 bits per heavy atom. The second-order valence-electron chi connectivity index (χ2n) is 4.36. The quantitative estimate of drug-likeness (QED) is 0.382. The van der Waals surface area contributed by atoms with E-state index in [1.807, 2.05) is 6.92 Å². The van der Waals surface area contributed by atoms with Gasteiger partial charge in [-0.2, -0.15) is 5.10 Å². The summed E-state index contributed by atoms with van der Waals surface area (Å²) in [5.74, 6) is -0.934. The van der Waals surface area contributed by atoms with E-state index in [1.54, 1.807) is 23.9 Å². The molecule has 2 heterocycles. The number of thiocarbonyl (C=S) groups is 1. The number of aryl methyl sites for hydroxylation is 2. The first-order valence-corrected chi connectivity index (χ1v) is 6.35. The highest BCUT2D eigenvalue weighted by molar-refractivity contribution is 7.80. The fourth-order valence-corrected chi connectivity index (χ4v) is 2.15. The maximum atomic E-state index is 12.3. The lowest BCUT2D eigenvalue weighted by molar-refractivity contribution is -0.128. The van der Waals surface area contributed by atoms with Gasteiger partial charge in [0.1, 0.15) is 5.57 Å². The van der Waals surface area contributed by atoms with Gasteiger partial charge in [-0.25, -0.2) is 0 Å². The number of hydrogen-bond acceptors (Lipinski definition) is 4. The smallest absolute Gasteiger partial charge is 0.266 e. The zero-order valence-electron chi connectivity index (χ0n) is 11.2.